The Kier molecular flexibility index (Phi) is 5.10. The van der Waals surface area contributed by atoms with Crippen molar-refractivity contribution >= 4 is 0 Å². The first-order chi connectivity index (χ1) is 8.78. The maximum atomic E-state index is 5.66. The van der Waals surface area contributed by atoms with Crippen LogP contribution in [0.5, 0.6) is 0 Å². The first kappa shape index (κ1) is 13.5. The van der Waals surface area contributed by atoms with Gasteiger partial charge in [0, 0.05) is 26.1 Å². The number of ether oxygens (including phenoxy) is 1. The molecule has 18 heavy (non-hydrogen) atoms. The number of likely N-dealkylation sites (N-methyl/N-ethyl adjacent to an activating group) is 1. The summed E-state index contributed by atoms with van der Waals surface area (Å²) in [6.07, 6.45) is 2.14. The summed E-state index contributed by atoms with van der Waals surface area (Å²) in [7, 11) is 2.05. The van der Waals surface area contributed by atoms with Crippen LogP contribution in [0.25, 0.3) is 0 Å². The minimum Gasteiger partial charge on any atom is -0.374 e. The highest BCUT2D eigenvalue weighted by molar-refractivity contribution is 4.86. The van der Waals surface area contributed by atoms with Gasteiger partial charge < -0.3 is 14.6 Å². The lowest BCUT2D eigenvalue weighted by Gasteiger charge is -2.27. The van der Waals surface area contributed by atoms with Crippen LogP contribution >= 0.6 is 0 Å². The van der Waals surface area contributed by atoms with Crippen LogP contribution in [0.2, 0.25) is 0 Å². The van der Waals surface area contributed by atoms with Crippen LogP contribution < -0.4 is 5.32 Å². The van der Waals surface area contributed by atoms with Crippen LogP contribution in [-0.2, 0) is 17.7 Å². The Morgan fingerprint density at radius 3 is 3.11 bits per heavy atom. The van der Waals surface area contributed by atoms with Gasteiger partial charge in [-0.1, -0.05) is 12.1 Å². The Hall–Kier alpha value is -0.980. The molecule has 0 amide bonds. The molecular formula is C12H22N4O2. The molecule has 0 aromatic carbocycles. The first-order valence-electron chi connectivity index (χ1n) is 6.60. The molecule has 0 bridgehead atoms. The fourth-order valence-electron chi connectivity index (χ4n) is 2.06. The van der Waals surface area contributed by atoms with Gasteiger partial charge in [-0.05, 0) is 13.5 Å². The number of hydrogen-bond acceptors (Lipinski definition) is 6. The third-order valence-corrected chi connectivity index (χ3v) is 2.91. The predicted octanol–water partition coefficient (Wildman–Crippen LogP) is 0.442. The molecule has 1 saturated heterocycles. The number of nitrogens with one attached hydrogen (secondary N) is 1. The molecule has 0 aliphatic carbocycles. The molecule has 0 saturated carbocycles. The van der Waals surface area contributed by atoms with Crippen molar-refractivity contribution in [1.82, 2.24) is 20.4 Å². The van der Waals surface area contributed by atoms with E-state index in [0.29, 0.717) is 6.54 Å². The van der Waals surface area contributed by atoms with Gasteiger partial charge in [-0.25, -0.2) is 0 Å². The molecule has 1 aromatic heterocycles. The highest BCUT2D eigenvalue weighted by atomic mass is 16.5. The molecular weight excluding hydrogens is 232 g/mol. The van der Waals surface area contributed by atoms with Gasteiger partial charge in [-0.15, -0.1) is 0 Å². The lowest BCUT2D eigenvalue weighted by atomic mass is 10.3. The molecule has 1 aliphatic rings. The lowest BCUT2D eigenvalue weighted by Crippen LogP contribution is -2.44. The Morgan fingerprint density at radius 2 is 2.39 bits per heavy atom. The smallest absolute Gasteiger partial charge is 0.226 e. The van der Waals surface area contributed by atoms with Gasteiger partial charge in [0.25, 0.3) is 0 Å². The van der Waals surface area contributed by atoms with Crippen molar-refractivity contribution in [3.05, 3.63) is 11.7 Å². The number of aromatic nitrogens is 2. The van der Waals surface area contributed by atoms with Crippen molar-refractivity contribution in [2.75, 3.05) is 33.3 Å². The largest absolute Gasteiger partial charge is 0.374 e. The number of rotatable bonds is 6. The molecule has 102 valence electrons. The predicted molar refractivity (Wildman–Crippen MR) is 67.2 cm³/mol. The van der Waals surface area contributed by atoms with Crippen LogP contribution in [0.1, 0.15) is 25.1 Å². The van der Waals surface area contributed by atoms with Gasteiger partial charge in [0.05, 0.1) is 19.3 Å². The summed E-state index contributed by atoms with van der Waals surface area (Å²) < 4.78 is 10.8. The first-order valence-corrected chi connectivity index (χ1v) is 6.60. The molecule has 0 spiro atoms. The van der Waals surface area contributed by atoms with E-state index in [1.54, 1.807) is 0 Å². The normalized spacial score (nSPS) is 20.5. The van der Waals surface area contributed by atoms with Crippen molar-refractivity contribution in [3.8, 4) is 0 Å². The van der Waals surface area contributed by atoms with Gasteiger partial charge in [-0.3, -0.25) is 4.90 Å². The minimum atomic E-state index is 0.255. The van der Waals surface area contributed by atoms with Gasteiger partial charge in [0.1, 0.15) is 0 Å². The molecule has 1 aliphatic heterocycles. The summed E-state index contributed by atoms with van der Waals surface area (Å²) in [5, 5.41) is 7.31. The van der Waals surface area contributed by atoms with E-state index in [-0.39, 0.29) is 6.10 Å². The molecule has 1 fully saturated rings. The van der Waals surface area contributed by atoms with Crippen LogP contribution in [-0.4, -0.2) is 54.4 Å². The summed E-state index contributed by atoms with van der Waals surface area (Å²) in [5.74, 6) is 1.49. The third kappa shape index (κ3) is 4.04. The maximum absolute atomic E-state index is 5.66. The average molecular weight is 254 g/mol. The Morgan fingerprint density at radius 1 is 1.50 bits per heavy atom. The van der Waals surface area contributed by atoms with E-state index in [1.807, 2.05) is 7.05 Å². The second kappa shape index (κ2) is 6.82. The second-order valence-electron chi connectivity index (χ2n) is 4.75. The zero-order chi connectivity index (χ0) is 12.8. The number of aryl methyl sites for hydroxylation is 1. The summed E-state index contributed by atoms with van der Waals surface area (Å²) in [6, 6.07) is 0. The number of nitrogens with zero attached hydrogens (tertiary/aromatic N) is 3. The summed E-state index contributed by atoms with van der Waals surface area (Å²) >= 11 is 0. The van der Waals surface area contributed by atoms with E-state index in [4.69, 9.17) is 9.26 Å². The van der Waals surface area contributed by atoms with Gasteiger partial charge in [0.2, 0.25) is 5.89 Å². The fourth-order valence-corrected chi connectivity index (χ4v) is 2.06. The van der Waals surface area contributed by atoms with Crippen LogP contribution in [0, 0.1) is 0 Å². The molecule has 1 unspecified atom stereocenters. The Bertz CT molecular complexity index is 350. The molecule has 1 N–H and O–H groups in total. The van der Waals surface area contributed by atoms with Crippen molar-refractivity contribution in [2.24, 2.45) is 0 Å². The number of hydrogen-bond donors (Lipinski definition) is 1. The minimum absolute atomic E-state index is 0.255. The molecule has 1 atom stereocenters. The van der Waals surface area contributed by atoms with Crippen LogP contribution in [0.3, 0.4) is 0 Å². The maximum Gasteiger partial charge on any atom is 0.226 e. The van der Waals surface area contributed by atoms with E-state index in [2.05, 4.69) is 27.3 Å². The standard InChI is InChI=1S/C12H22N4O2/c1-3-4-12-14-11(15-18-12)9-16(2)8-10-7-13-5-6-17-10/h10,13H,3-9H2,1-2H3. The van der Waals surface area contributed by atoms with Gasteiger partial charge in [-0.2, -0.15) is 4.98 Å². The molecule has 2 rings (SSSR count). The quantitative estimate of drug-likeness (QED) is 0.795. The van der Waals surface area contributed by atoms with E-state index >= 15 is 0 Å². The zero-order valence-electron chi connectivity index (χ0n) is 11.2. The summed E-state index contributed by atoms with van der Waals surface area (Å²) in [6.45, 7) is 6.34. The van der Waals surface area contributed by atoms with Crippen LogP contribution in [0.4, 0.5) is 0 Å². The zero-order valence-corrected chi connectivity index (χ0v) is 11.2. The monoisotopic (exact) mass is 254 g/mol. The van der Waals surface area contributed by atoms with E-state index in [9.17, 15) is 0 Å². The molecule has 0 radical (unpaired) electrons. The van der Waals surface area contributed by atoms with Crippen molar-refractivity contribution in [2.45, 2.75) is 32.4 Å². The molecule has 1 aromatic rings. The van der Waals surface area contributed by atoms with Gasteiger partial charge >= 0.3 is 0 Å². The summed E-state index contributed by atoms with van der Waals surface area (Å²) in [4.78, 5) is 6.52. The number of morpholine rings is 1. The van der Waals surface area contributed by atoms with Crippen molar-refractivity contribution in [1.29, 1.82) is 0 Å². The van der Waals surface area contributed by atoms with E-state index < -0.39 is 0 Å². The van der Waals surface area contributed by atoms with E-state index in [1.165, 1.54) is 0 Å². The van der Waals surface area contributed by atoms with Gasteiger partial charge in [0.15, 0.2) is 5.82 Å². The molecule has 6 nitrogen and oxygen atoms in total. The summed E-state index contributed by atoms with van der Waals surface area (Å²) in [5.41, 5.74) is 0. The third-order valence-electron chi connectivity index (χ3n) is 2.91. The topological polar surface area (TPSA) is 63.4 Å². The van der Waals surface area contributed by atoms with E-state index in [0.717, 1.165) is 50.8 Å². The van der Waals surface area contributed by atoms with Crippen molar-refractivity contribution < 1.29 is 9.26 Å². The lowest BCUT2D eigenvalue weighted by molar-refractivity contribution is 0.00840. The SMILES string of the molecule is CCCc1nc(CN(C)CC2CNCCO2)no1. The highest BCUT2D eigenvalue weighted by Gasteiger charge is 2.16. The molecule has 6 heteroatoms. The highest BCUT2D eigenvalue weighted by Crippen LogP contribution is 2.05. The average Bonchev–Trinajstić information content (AvgIpc) is 2.78. The molecule has 2 heterocycles. The van der Waals surface area contributed by atoms with Crippen LogP contribution in [0.15, 0.2) is 4.52 Å². The van der Waals surface area contributed by atoms with Crippen molar-refractivity contribution in [3.63, 3.8) is 0 Å². The Balaban J connectivity index is 1.76. The second-order valence-corrected chi connectivity index (χ2v) is 4.75. The fraction of sp³-hybridized carbons (Fsp3) is 0.833. The Labute approximate surface area is 108 Å².